The van der Waals surface area contributed by atoms with Gasteiger partial charge in [-0.2, -0.15) is 4.31 Å². The zero-order valence-electron chi connectivity index (χ0n) is 14.7. The van der Waals surface area contributed by atoms with Crippen LogP contribution in [0.4, 0.5) is 5.69 Å². The normalized spacial score (nSPS) is 22.5. The van der Waals surface area contributed by atoms with Gasteiger partial charge >= 0.3 is 0 Å². The number of sulfonamides is 1. The summed E-state index contributed by atoms with van der Waals surface area (Å²) in [6.07, 6.45) is 0.448. The number of anilines is 1. The third-order valence-electron chi connectivity index (χ3n) is 5.29. The maximum atomic E-state index is 13.0. The van der Waals surface area contributed by atoms with Crippen LogP contribution in [0.1, 0.15) is 17.5 Å². The molecular weight excluding hydrogens is 352 g/mol. The topological polar surface area (TPSA) is 75.7 Å². The fourth-order valence-electron chi connectivity index (χ4n) is 3.83. The molecule has 6 nitrogen and oxygen atoms in total. The molecule has 2 heterocycles. The van der Waals surface area contributed by atoms with Gasteiger partial charge in [0.2, 0.25) is 15.9 Å². The molecular formula is C19H20N2O4S. The molecule has 0 saturated carbocycles. The Balaban J connectivity index is 1.72. The number of fused-ring (bicyclic) bond motifs is 2. The Bertz CT molecular complexity index is 1000. The van der Waals surface area contributed by atoms with Crippen LogP contribution in [0.2, 0.25) is 0 Å². The summed E-state index contributed by atoms with van der Waals surface area (Å²) in [5, 5.41) is 2.89. The first kappa shape index (κ1) is 17.1. The summed E-state index contributed by atoms with van der Waals surface area (Å²) in [4.78, 5) is 13.0. The highest BCUT2D eigenvalue weighted by molar-refractivity contribution is 7.89. The van der Waals surface area contributed by atoms with Crippen molar-refractivity contribution in [2.24, 2.45) is 0 Å². The van der Waals surface area contributed by atoms with Gasteiger partial charge in [-0.1, -0.05) is 12.1 Å². The van der Waals surface area contributed by atoms with Crippen molar-refractivity contribution >= 4 is 21.6 Å². The molecule has 0 aromatic heterocycles. The van der Waals surface area contributed by atoms with Crippen LogP contribution in [0.25, 0.3) is 0 Å². The van der Waals surface area contributed by atoms with Crippen LogP contribution in [0, 0.1) is 6.92 Å². The molecule has 1 fully saturated rings. The van der Waals surface area contributed by atoms with Gasteiger partial charge in [0, 0.05) is 18.8 Å². The van der Waals surface area contributed by atoms with Crippen molar-refractivity contribution in [3.8, 4) is 5.75 Å². The van der Waals surface area contributed by atoms with Gasteiger partial charge in [0.05, 0.1) is 17.4 Å². The fraction of sp³-hybridized carbons (Fsp3) is 0.316. The highest BCUT2D eigenvalue weighted by Gasteiger charge is 2.53. The van der Waals surface area contributed by atoms with Crippen molar-refractivity contribution < 1.29 is 17.9 Å². The summed E-state index contributed by atoms with van der Waals surface area (Å²) in [5.74, 6) is 0.502. The Labute approximate surface area is 152 Å². The standard InChI is InChI=1S/C19H20N2O4S/c1-13-4-3-5-15(10-13)26(23,24)21-9-8-19(12-21)16-11-14(25-2)6-7-17(16)20-18(19)22/h3-7,10-11H,8-9,12H2,1-2H3,(H,20,22)/t19-/m0/s1. The Kier molecular flexibility index (Phi) is 3.82. The minimum absolute atomic E-state index is 0.134. The van der Waals surface area contributed by atoms with Gasteiger partial charge in [-0.3, -0.25) is 4.79 Å². The Hall–Kier alpha value is -2.38. The van der Waals surface area contributed by atoms with E-state index in [1.165, 1.54) is 4.31 Å². The SMILES string of the molecule is COc1ccc2c(c1)[C@@]1(CCN(S(=O)(=O)c3cccc(C)c3)C1)C(=O)N2. The van der Waals surface area contributed by atoms with Crippen LogP contribution in [0.5, 0.6) is 5.75 Å². The second kappa shape index (κ2) is 5.82. The lowest BCUT2D eigenvalue weighted by Gasteiger charge is -2.23. The predicted octanol–water partition coefficient (Wildman–Crippen LogP) is 2.29. The summed E-state index contributed by atoms with van der Waals surface area (Å²) in [6.45, 7) is 2.30. The fourth-order valence-corrected chi connectivity index (χ4v) is 5.43. The quantitative estimate of drug-likeness (QED) is 0.897. The van der Waals surface area contributed by atoms with Gasteiger partial charge in [0.15, 0.2) is 0 Å². The molecule has 2 aliphatic heterocycles. The summed E-state index contributed by atoms with van der Waals surface area (Å²) in [7, 11) is -2.07. The van der Waals surface area contributed by atoms with E-state index < -0.39 is 15.4 Å². The second-order valence-corrected chi connectivity index (χ2v) is 8.79. The smallest absolute Gasteiger partial charge is 0.243 e. The maximum absolute atomic E-state index is 13.0. The molecule has 1 saturated heterocycles. The molecule has 0 aliphatic carbocycles. The van der Waals surface area contributed by atoms with Crippen LogP contribution in [-0.4, -0.2) is 38.8 Å². The summed E-state index contributed by atoms with van der Waals surface area (Å²) >= 11 is 0. The van der Waals surface area contributed by atoms with Crippen LogP contribution in [0.3, 0.4) is 0 Å². The number of nitrogens with one attached hydrogen (secondary N) is 1. The minimum atomic E-state index is -3.64. The van der Waals surface area contributed by atoms with Gasteiger partial charge in [0.1, 0.15) is 5.75 Å². The lowest BCUT2D eigenvalue weighted by Crippen LogP contribution is -2.39. The van der Waals surface area contributed by atoms with Crippen molar-refractivity contribution in [2.75, 3.05) is 25.5 Å². The maximum Gasteiger partial charge on any atom is 0.243 e. The molecule has 26 heavy (non-hydrogen) atoms. The molecule has 1 spiro atoms. The van der Waals surface area contributed by atoms with E-state index in [-0.39, 0.29) is 17.3 Å². The summed E-state index contributed by atoms with van der Waals surface area (Å²) in [5.41, 5.74) is 1.56. The number of carbonyl (C=O) groups is 1. The summed E-state index contributed by atoms with van der Waals surface area (Å²) in [6, 6.07) is 12.3. The highest BCUT2D eigenvalue weighted by Crippen LogP contribution is 2.46. The zero-order chi connectivity index (χ0) is 18.5. The van der Waals surface area contributed by atoms with E-state index in [4.69, 9.17) is 4.74 Å². The van der Waals surface area contributed by atoms with Gasteiger partial charge in [-0.05, 0) is 54.8 Å². The molecule has 1 amide bonds. The molecule has 0 unspecified atom stereocenters. The lowest BCUT2D eigenvalue weighted by molar-refractivity contribution is -0.120. The molecule has 2 aromatic rings. The number of methoxy groups -OCH3 is 1. The lowest BCUT2D eigenvalue weighted by atomic mass is 9.81. The van der Waals surface area contributed by atoms with Crippen molar-refractivity contribution in [3.05, 3.63) is 53.6 Å². The molecule has 1 atom stereocenters. The monoisotopic (exact) mass is 372 g/mol. The van der Waals surface area contributed by atoms with Crippen molar-refractivity contribution in [1.29, 1.82) is 0 Å². The third kappa shape index (κ3) is 2.42. The molecule has 0 radical (unpaired) electrons. The average Bonchev–Trinajstić information content (AvgIpc) is 3.19. The number of hydrogen-bond acceptors (Lipinski definition) is 4. The highest BCUT2D eigenvalue weighted by atomic mass is 32.2. The van der Waals surface area contributed by atoms with Crippen LogP contribution in [-0.2, 0) is 20.2 Å². The van der Waals surface area contributed by atoms with Crippen molar-refractivity contribution in [2.45, 2.75) is 23.7 Å². The number of aryl methyl sites for hydroxylation is 1. The second-order valence-electron chi connectivity index (χ2n) is 6.85. The van der Waals surface area contributed by atoms with E-state index in [2.05, 4.69) is 5.32 Å². The van der Waals surface area contributed by atoms with Crippen molar-refractivity contribution in [1.82, 2.24) is 4.31 Å². The minimum Gasteiger partial charge on any atom is -0.497 e. The van der Waals surface area contributed by atoms with E-state index in [1.54, 1.807) is 37.4 Å². The number of amides is 1. The molecule has 4 rings (SSSR count). The van der Waals surface area contributed by atoms with Crippen LogP contribution in [0.15, 0.2) is 47.4 Å². The Morgan fingerprint density at radius 1 is 1.19 bits per heavy atom. The Morgan fingerprint density at radius 3 is 2.73 bits per heavy atom. The number of carbonyl (C=O) groups excluding carboxylic acids is 1. The first-order valence-electron chi connectivity index (χ1n) is 8.44. The first-order chi connectivity index (χ1) is 12.4. The molecule has 1 N–H and O–H groups in total. The number of ether oxygens (including phenoxy) is 1. The zero-order valence-corrected chi connectivity index (χ0v) is 15.5. The predicted molar refractivity (Wildman–Crippen MR) is 97.9 cm³/mol. The van der Waals surface area contributed by atoms with Gasteiger partial charge < -0.3 is 10.1 Å². The average molecular weight is 372 g/mol. The summed E-state index contributed by atoms with van der Waals surface area (Å²) < 4.78 is 32.8. The van der Waals surface area contributed by atoms with E-state index in [9.17, 15) is 13.2 Å². The number of rotatable bonds is 3. The Morgan fingerprint density at radius 2 is 2.00 bits per heavy atom. The van der Waals surface area contributed by atoms with Gasteiger partial charge in [-0.15, -0.1) is 0 Å². The van der Waals surface area contributed by atoms with Gasteiger partial charge in [-0.25, -0.2) is 8.42 Å². The molecule has 136 valence electrons. The van der Waals surface area contributed by atoms with E-state index in [0.717, 1.165) is 16.8 Å². The van der Waals surface area contributed by atoms with E-state index in [1.807, 2.05) is 19.1 Å². The molecule has 2 aromatic carbocycles. The van der Waals surface area contributed by atoms with E-state index in [0.29, 0.717) is 18.7 Å². The van der Waals surface area contributed by atoms with Gasteiger partial charge in [0.25, 0.3) is 0 Å². The first-order valence-corrected chi connectivity index (χ1v) is 9.88. The van der Waals surface area contributed by atoms with E-state index >= 15 is 0 Å². The largest absolute Gasteiger partial charge is 0.497 e. The van der Waals surface area contributed by atoms with Crippen LogP contribution < -0.4 is 10.1 Å². The molecule has 2 aliphatic rings. The van der Waals surface area contributed by atoms with Crippen molar-refractivity contribution in [3.63, 3.8) is 0 Å². The van der Waals surface area contributed by atoms with Crippen LogP contribution >= 0.6 is 0 Å². The third-order valence-corrected chi connectivity index (χ3v) is 7.13. The molecule has 7 heteroatoms. The number of hydrogen-bond donors (Lipinski definition) is 1. The molecule has 0 bridgehead atoms. The number of nitrogens with zero attached hydrogens (tertiary/aromatic N) is 1. The number of benzene rings is 2.